The molecule has 1 rings (SSSR count). The smallest absolute Gasteiger partial charge is 0.237 e. The highest BCUT2D eigenvalue weighted by Gasteiger charge is 2.27. The molecular weight excluding hydrogens is 248 g/mol. The zero-order valence-corrected chi connectivity index (χ0v) is 12.3. The summed E-state index contributed by atoms with van der Waals surface area (Å²) in [5.41, 5.74) is 5.79. The number of nitrogens with two attached hydrogens (primary N) is 1. The van der Waals surface area contributed by atoms with E-state index in [1.165, 1.54) is 0 Å². The van der Waals surface area contributed by atoms with Crippen molar-refractivity contribution < 1.29 is 9.00 Å². The predicted molar refractivity (Wildman–Crippen MR) is 75.8 cm³/mol. The van der Waals surface area contributed by atoms with Crippen molar-refractivity contribution in [2.75, 3.05) is 5.75 Å². The fourth-order valence-electron chi connectivity index (χ4n) is 2.50. The molecule has 4 unspecified atom stereocenters. The number of rotatable bonds is 6. The van der Waals surface area contributed by atoms with Gasteiger partial charge in [0.25, 0.3) is 0 Å². The zero-order valence-electron chi connectivity index (χ0n) is 11.5. The molecule has 1 fully saturated rings. The van der Waals surface area contributed by atoms with Gasteiger partial charge in [0.05, 0.1) is 6.04 Å². The van der Waals surface area contributed by atoms with Crippen molar-refractivity contribution in [2.45, 2.75) is 69.7 Å². The summed E-state index contributed by atoms with van der Waals surface area (Å²) >= 11 is 0. The van der Waals surface area contributed by atoms with Gasteiger partial charge in [-0.15, -0.1) is 0 Å². The Morgan fingerprint density at radius 3 is 2.78 bits per heavy atom. The highest BCUT2D eigenvalue weighted by atomic mass is 32.2. The molecule has 0 spiro atoms. The van der Waals surface area contributed by atoms with Crippen molar-refractivity contribution in [3.63, 3.8) is 0 Å². The first-order valence-electron chi connectivity index (χ1n) is 7.01. The molecule has 0 aromatic heterocycles. The van der Waals surface area contributed by atoms with Gasteiger partial charge in [-0.05, 0) is 25.7 Å². The van der Waals surface area contributed by atoms with Crippen molar-refractivity contribution in [1.29, 1.82) is 0 Å². The number of hydrogen-bond donors (Lipinski definition) is 2. The van der Waals surface area contributed by atoms with Crippen LogP contribution in [0.1, 0.15) is 52.4 Å². The molecule has 0 aromatic rings. The summed E-state index contributed by atoms with van der Waals surface area (Å²) in [4.78, 5) is 11.8. The average Bonchev–Trinajstić information content (AvgIpc) is 2.38. The summed E-state index contributed by atoms with van der Waals surface area (Å²) in [6.07, 6.45) is 5.54. The Hall–Kier alpha value is -0.420. The highest BCUT2D eigenvalue weighted by molar-refractivity contribution is 7.85. The monoisotopic (exact) mass is 274 g/mol. The Morgan fingerprint density at radius 1 is 1.44 bits per heavy atom. The highest BCUT2D eigenvalue weighted by Crippen LogP contribution is 2.23. The fourth-order valence-corrected chi connectivity index (χ4v) is 3.85. The second-order valence-electron chi connectivity index (χ2n) is 5.06. The molecule has 4 atom stereocenters. The van der Waals surface area contributed by atoms with Gasteiger partial charge in [0.1, 0.15) is 0 Å². The Labute approximate surface area is 113 Å². The molecule has 1 saturated carbocycles. The van der Waals surface area contributed by atoms with E-state index in [0.717, 1.165) is 38.5 Å². The van der Waals surface area contributed by atoms with Crippen molar-refractivity contribution in [3.8, 4) is 0 Å². The van der Waals surface area contributed by atoms with Gasteiger partial charge in [0.15, 0.2) is 0 Å². The maximum atomic E-state index is 11.8. The van der Waals surface area contributed by atoms with Crippen LogP contribution < -0.4 is 11.1 Å². The normalized spacial score (nSPS) is 27.5. The lowest BCUT2D eigenvalue weighted by molar-refractivity contribution is -0.123. The minimum absolute atomic E-state index is 0.0511. The van der Waals surface area contributed by atoms with Gasteiger partial charge in [-0.3, -0.25) is 9.00 Å². The van der Waals surface area contributed by atoms with Crippen LogP contribution in [0.4, 0.5) is 0 Å². The number of carbonyl (C=O) groups is 1. The van der Waals surface area contributed by atoms with E-state index in [-0.39, 0.29) is 17.2 Å². The number of nitrogens with one attached hydrogen (secondary N) is 1. The lowest BCUT2D eigenvalue weighted by Crippen LogP contribution is -2.47. The van der Waals surface area contributed by atoms with Crippen molar-refractivity contribution >= 4 is 16.7 Å². The van der Waals surface area contributed by atoms with Crippen LogP contribution in [0.2, 0.25) is 0 Å². The van der Waals surface area contributed by atoms with Gasteiger partial charge in [-0.25, -0.2) is 0 Å². The average molecular weight is 274 g/mol. The third-order valence-corrected chi connectivity index (χ3v) is 5.31. The van der Waals surface area contributed by atoms with Gasteiger partial charge in [-0.2, -0.15) is 0 Å². The molecule has 0 bridgehead atoms. The summed E-state index contributed by atoms with van der Waals surface area (Å²) in [6.45, 7) is 3.98. The summed E-state index contributed by atoms with van der Waals surface area (Å²) in [5.74, 6) is 0.658. The molecule has 0 aliphatic heterocycles. The number of amides is 1. The standard InChI is InChI=1S/C13H26N2O2S/c1-3-6-12(14)13(16)15-10-7-5-8-11(9-10)18(17)4-2/h10-12H,3-9,14H2,1-2H3,(H,15,16). The molecule has 106 valence electrons. The largest absolute Gasteiger partial charge is 0.352 e. The minimum Gasteiger partial charge on any atom is -0.352 e. The van der Waals surface area contributed by atoms with E-state index in [2.05, 4.69) is 5.32 Å². The minimum atomic E-state index is -0.746. The molecule has 1 aliphatic rings. The van der Waals surface area contributed by atoms with Crippen LogP contribution in [0.25, 0.3) is 0 Å². The lowest BCUT2D eigenvalue weighted by Gasteiger charge is -2.29. The van der Waals surface area contributed by atoms with Crippen LogP contribution in [-0.4, -0.2) is 33.2 Å². The molecule has 3 N–H and O–H groups in total. The fraction of sp³-hybridized carbons (Fsp3) is 0.923. The molecule has 1 aliphatic carbocycles. The number of hydrogen-bond acceptors (Lipinski definition) is 3. The van der Waals surface area contributed by atoms with Gasteiger partial charge < -0.3 is 11.1 Å². The Morgan fingerprint density at radius 2 is 2.17 bits per heavy atom. The van der Waals surface area contributed by atoms with E-state index in [4.69, 9.17) is 5.73 Å². The third-order valence-electron chi connectivity index (χ3n) is 3.57. The van der Waals surface area contributed by atoms with Crippen LogP contribution in [-0.2, 0) is 15.6 Å². The van der Waals surface area contributed by atoms with Gasteiger partial charge in [0, 0.05) is 27.8 Å². The van der Waals surface area contributed by atoms with Gasteiger partial charge >= 0.3 is 0 Å². The quantitative estimate of drug-likeness (QED) is 0.767. The van der Waals surface area contributed by atoms with E-state index in [0.29, 0.717) is 5.75 Å². The molecule has 18 heavy (non-hydrogen) atoms. The molecule has 0 aromatic carbocycles. The first-order valence-corrected chi connectivity index (χ1v) is 8.39. The van der Waals surface area contributed by atoms with Crippen LogP contribution in [0.15, 0.2) is 0 Å². The molecule has 0 saturated heterocycles. The molecule has 4 nitrogen and oxygen atoms in total. The van der Waals surface area contributed by atoms with Crippen LogP contribution >= 0.6 is 0 Å². The molecule has 5 heteroatoms. The second kappa shape index (κ2) is 7.89. The molecule has 0 radical (unpaired) electrons. The van der Waals surface area contributed by atoms with Crippen LogP contribution in [0.5, 0.6) is 0 Å². The van der Waals surface area contributed by atoms with E-state index in [9.17, 15) is 9.00 Å². The molecule has 1 amide bonds. The zero-order chi connectivity index (χ0) is 13.5. The SMILES string of the molecule is CCCC(N)C(=O)NC1CCCC(S(=O)CC)C1. The maximum Gasteiger partial charge on any atom is 0.237 e. The maximum absolute atomic E-state index is 11.8. The molecule has 0 heterocycles. The summed E-state index contributed by atoms with van der Waals surface area (Å²) < 4.78 is 11.8. The predicted octanol–water partition coefficient (Wildman–Crippen LogP) is 1.31. The van der Waals surface area contributed by atoms with Gasteiger partial charge in [-0.1, -0.05) is 26.7 Å². The summed E-state index contributed by atoms with van der Waals surface area (Å²) in [5, 5.41) is 3.26. The van der Waals surface area contributed by atoms with Gasteiger partial charge in [0.2, 0.25) is 5.91 Å². The van der Waals surface area contributed by atoms with Crippen molar-refractivity contribution in [3.05, 3.63) is 0 Å². The van der Waals surface area contributed by atoms with E-state index in [1.807, 2.05) is 13.8 Å². The Kier molecular flexibility index (Phi) is 6.86. The lowest BCUT2D eigenvalue weighted by atomic mass is 9.94. The second-order valence-corrected chi connectivity index (χ2v) is 7.06. The number of carbonyl (C=O) groups excluding carboxylic acids is 1. The topological polar surface area (TPSA) is 72.2 Å². The van der Waals surface area contributed by atoms with Crippen molar-refractivity contribution in [1.82, 2.24) is 5.32 Å². The van der Waals surface area contributed by atoms with Crippen LogP contribution in [0.3, 0.4) is 0 Å². The Balaban J connectivity index is 2.42. The summed E-state index contributed by atoms with van der Waals surface area (Å²) in [7, 11) is -0.746. The van der Waals surface area contributed by atoms with E-state index < -0.39 is 16.8 Å². The van der Waals surface area contributed by atoms with E-state index in [1.54, 1.807) is 0 Å². The first-order chi connectivity index (χ1) is 8.58. The third kappa shape index (κ3) is 4.69. The summed E-state index contributed by atoms with van der Waals surface area (Å²) in [6, 6.07) is -0.235. The molecular formula is C13H26N2O2S. The first kappa shape index (κ1) is 15.6. The Bertz CT molecular complexity index is 297. The van der Waals surface area contributed by atoms with Crippen LogP contribution in [0, 0.1) is 0 Å². The van der Waals surface area contributed by atoms with Crippen molar-refractivity contribution in [2.24, 2.45) is 5.73 Å². The van der Waals surface area contributed by atoms with E-state index >= 15 is 0 Å².